The summed E-state index contributed by atoms with van der Waals surface area (Å²) in [5, 5.41) is 10.5. The highest BCUT2D eigenvalue weighted by molar-refractivity contribution is 9.10. The van der Waals surface area contributed by atoms with Crippen molar-refractivity contribution in [1.29, 1.82) is 0 Å². The molecule has 1 aromatic carbocycles. The van der Waals surface area contributed by atoms with Crippen LogP contribution in [0.25, 0.3) is 5.69 Å². The molecule has 0 amide bonds. The molecular weight excluding hydrogens is 305 g/mol. The lowest BCUT2D eigenvalue weighted by Gasteiger charge is -2.05. The summed E-state index contributed by atoms with van der Waals surface area (Å²) < 4.78 is 27.7. The summed E-state index contributed by atoms with van der Waals surface area (Å²) in [6.07, 6.45) is 0. The summed E-state index contributed by atoms with van der Waals surface area (Å²) in [5.41, 5.74) is 0.0360. The minimum absolute atomic E-state index is 0.0292. The van der Waals surface area contributed by atoms with Gasteiger partial charge in [0.25, 0.3) is 0 Å². The second-order valence-electron chi connectivity index (χ2n) is 2.86. The van der Waals surface area contributed by atoms with Crippen LogP contribution in [0.3, 0.4) is 0 Å². The van der Waals surface area contributed by atoms with Crippen LogP contribution in [0, 0.1) is 11.6 Å². The van der Waals surface area contributed by atoms with E-state index >= 15 is 0 Å². The summed E-state index contributed by atoms with van der Waals surface area (Å²) in [5.74, 6) is -1.15. The van der Waals surface area contributed by atoms with Gasteiger partial charge in [0, 0.05) is 6.07 Å². The van der Waals surface area contributed by atoms with Crippen LogP contribution in [0.4, 0.5) is 8.78 Å². The first-order valence-electron chi connectivity index (χ1n) is 4.11. The Morgan fingerprint density at radius 2 is 2.06 bits per heavy atom. The number of tetrazole rings is 1. The summed E-state index contributed by atoms with van der Waals surface area (Å²) in [7, 11) is 0. The first kappa shape index (κ1) is 11.4. The molecule has 1 heterocycles. The normalized spacial score (nSPS) is 10.8. The molecule has 2 aromatic rings. The Bertz CT molecular complexity index is 531. The molecule has 1 aromatic heterocycles. The lowest BCUT2D eigenvalue weighted by atomic mass is 10.3. The molecular formula is C8H4BrClF2N4. The third-order valence-corrected chi connectivity index (χ3v) is 2.72. The molecule has 0 saturated carbocycles. The van der Waals surface area contributed by atoms with Crippen LogP contribution in [-0.4, -0.2) is 20.2 Å². The number of aromatic nitrogens is 4. The van der Waals surface area contributed by atoms with Gasteiger partial charge in [-0.3, -0.25) is 0 Å². The zero-order valence-electron chi connectivity index (χ0n) is 7.66. The number of halogens is 4. The third-order valence-electron chi connectivity index (χ3n) is 1.87. The Morgan fingerprint density at radius 1 is 1.31 bits per heavy atom. The Balaban J connectivity index is 2.60. The molecule has 0 aliphatic rings. The van der Waals surface area contributed by atoms with Gasteiger partial charge in [0.1, 0.15) is 11.5 Å². The van der Waals surface area contributed by atoms with E-state index in [0.29, 0.717) is 0 Å². The first-order valence-corrected chi connectivity index (χ1v) is 5.44. The van der Waals surface area contributed by atoms with Gasteiger partial charge in [0.05, 0.1) is 10.4 Å². The van der Waals surface area contributed by atoms with Crippen molar-refractivity contribution in [1.82, 2.24) is 20.2 Å². The van der Waals surface area contributed by atoms with Crippen LogP contribution in [0.5, 0.6) is 0 Å². The topological polar surface area (TPSA) is 43.6 Å². The molecule has 0 N–H and O–H groups in total. The lowest BCUT2D eigenvalue weighted by molar-refractivity contribution is 0.566. The van der Waals surface area contributed by atoms with Crippen molar-refractivity contribution in [2.75, 3.05) is 0 Å². The molecule has 0 atom stereocenters. The zero-order valence-corrected chi connectivity index (χ0v) is 10.0. The smallest absolute Gasteiger partial charge is 0.171 e. The molecule has 2 rings (SSSR count). The Labute approximate surface area is 102 Å². The quantitative estimate of drug-likeness (QED) is 0.632. The molecule has 8 heteroatoms. The molecule has 0 spiro atoms. The number of nitrogens with zero attached hydrogens (tertiary/aromatic N) is 4. The number of hydrogen-bond donors (Lipinski definition) is 0. The highest BCUT2D eigenvalue weighted by Gasteiger charge is 2.14. The van der Waals surface area contributed by atoms with Crippen LogP contribution >= 0.6 is 27.5 Å². The molecule has 0 radical (unpaired) electrons. The van der Waals surface area contributed by atoms with Gasteiger partial charge in [-0.05, 0) is 32.4 Å². The van der Waals surface area contributed by atoms with E-state index in [4.69, 9.17) is 11.6 Å². The fourth-order valence-corrected chi connectivity index (χ4v) is 1.65. The van der Waals surface area contributed by atoms with Gasteiger partial charge in [0.15, 0.2) is 11.6 Å². The van der Waals surface area contributed by atoms with E-state index in [9.17, 15) is 8.78 Å². The molecule has 16 heavy (non-hydrogen) atoms. The predicted octanol–water partition coefficient (Wildman–Crippen LogP) is 2.44. The molecule has 0 aliphatic carbocycles. The van der Waals surface area contributed by atoms with Gasteiger partial charge < -0.3 is 0 Å². The van der Waals surface area contributed by atoms with Crippen molar-refractivity contribution in [2.24, 2.45) is 0 Å². The first-order chi connectivity index (χ1) is 7.63. The van der Waals surface area contributed by atoms with E-state index in [2.05, 4.69) is 31.5 Å². The average Bonchev–Trinajstić information content (AvgIpc) is 2.71. The number of hydrogen-bond acceptors (Lipinski definition) is 3. The van der Waals surface area contributed by atoms with Gasteiger partial charge in [-0.25, -0.2) is 8.78 Å². The lowest BCUT2D eigenvalue weighted by Crippen LogP contribution is -2.05. The Morgan fingerprint density at radius 3 is 2.75 bits per heavy atom. The second-order valence-corrected chi connectivity index (χ2v) is 3.98. The molecule has 0 saturated heterocycles. The van der Waals surface area contributed by atoms with Crippen LogP contribution in [-0.2, 0) is 5.88 Å². The monoisotopic (exact) mass is 308 g/mol. The standard InChI is InChI=1S/C8H4BrClF2N4/c9-4-1-7(6(12)2-5(4)11)16-8(3-10)13-14-15-16/h1-2H,3H2. The van der Waals surface area contributed by atoms with Gasteiger partial charge >= 0.3 is 0 Å². The average molecular weight is 310 g/mol. The molecule has 4 nitrogen and oxygen atoms in total. The van der Waals surface area contributed by atoms with Gasteiger partial charge in [0.2, 0.25) is 0 Å². The fraction of sp³-hybridized carbons (Fsp3) is 0.125. The van der Waals surface area contributed by atoms with E-state index in [0.717, 1.165) is 10.7 Å². The molecule has 0 fully saturated rings. The van der Waals surface area contributed by atoms with Crippen molar-refractivity contribution >= 4 is 27.5 Å². The summed E-state index contributed by atoms with van der Waals surface area (Å²) in [6, 6.07) is 2.00. The van der Waals surface area contributed by atoms with Crippen LogP contribution in [0.2, 0.25) is 0 Å². The molecule has 84 valence electrons. The second kappa shape index (κ2) is 4.42. The highest BCUT2D eigenvalue weighted by Crippen LogP contribution is 2.23. The SMILES string of the molecule is Fc1cc(F)c(-n2nnnc2CCl)cc1Br. The van der Waals surface area contributed by atoms with Crippen LogP contribution in [0.1, 0.15) is 5.82 Å². The van der Waals surface area contributed by atoms with Crippen molar-refractivity contribution in [2.45, 2.75) is 5.88 Å². The van der Waals surface area contributed by atoms with E-state index in [1.807, 2.05) is 0 Å². The fourth-order valence-electron chi connectivity index (χ4n) is 1.15. The van der Waals surface area contributed by atoms with E-state index < -0.39 is 11.6 Å². The van der Waals surface area contributed by atoms with Gasteiger partial charge in [-0.2, -0.15) is 4.68 Å². The van der Waals surface area contributed by atoms with Crippen molar-refractivity contribution in [3.05, 3.63) is 34.1 Å². The Kier molecular flexibility index (Phi) is 3.15. The summed E-state index contributed by atoms with van der Waals surface area (Å²) in [4.78, 5) is 0. The zero-order chi connectivity index (χ0) is 11.7. The van der Waals surface area contributed by atoms with Crippen molar-refractivity contribution in [3.8, 4) is 5.69 Å². The Hall–Kier alpha value is -1.08. The van der Waals surface area contributed by atoms with Crippen molar-refractivity contribution in [3.63, 3.8) is 0 Å². The van der Waals surface area contributed by atoms with Crippen LogP contribution < -0.4 is 0 Å². The minimum atomic E-state index is -0.764. The maximum Gasteiger partial charge on any atom is 0.171 e. The van der Waals surface area contributed by atoms with Gasteiger partial charge in [-0.15, -0.1) is 16.7 Å². The summed E-state index contributed by atoms with van der Waals surface area (Å²) >= 11 is 8.53. The molecule has 0 aliphatic heterocycles. The third kappa shape index (κ3) is 1.92. The van der Waals surface area contributed by atoms with Crippen molar-refractivity contribution < 1.29 is 8.78 Å². The van der Waals surface area contributed by atoms with Crippen LogP contribution in [0.15, 0.2) is 16.6 Å². The minimum Gasteiger partial charge on any atom is -0.206 e. The van der Waals surface area contributed by atoms with Gasteiger partial charge in [-0.1, -0.05) is 0 Å². The number of alkyl halides is 1. The number of rotatable bonds is 2. The van der Waals surface area contributed by atoms with E-state index in [1.165, 1.54) is 6.07 Å². The van der Waals surface area contributed by atoms with E-state index in [-0.39, 0.29) is 21.9 Å². The maximum atomic E-state index is 13.5. The molecule has 0 unspecified atom stereocenters. The largest absolute Gasteiger partial charge is 0.206 e. The number of benzene rings is 1. The molecule has 0 bridgehead atoms. The van der Waals surface area contributed by atoms with E-state index in [1.54, 1.807) is 0 Å². The highest BCUT2D eigenvalue weighted by atomic mass is 79.9. The predicted molar refractivity (Wildman–Crippen MR) is 56.3 cm³/mol. The maximum absolute atomic E-state index is 13.5. The summed E-state index contributed by atoms with van der Waals surface area (Å²) in [6.45, 7) is 0.